The van der Waals surface area contributed by atoms with E-state index < -0.39 is 0 Å². The summed E-state index contributed by atoms with van der Waals surface area (Å²) < 4.78 is 5.44. The van der Waals surface area contributed by atoms with Gasteiger partial charge < -0.3 is 4.74 Å². The molecule has 2 rings (SSSR count). The van der Waals surface area contributed by atoms with Crippen molar-refractivity contribution in [2.24, 2.45) is 5.92 Å². The van der Waals surface area contributed by atoms with Crippen molar-refractivity contribution in [3.05, 3.63) is 0 Å². The molecule has 1 saturated carbocycles. The van der Waals surface area contributed by atoms with Gasteiger partial charge in [-0.25, -0.2) is 10.9 Å². The fraction of sp³-hybridized carbons (Fsp3) is 0.917. The quantitative estimate of drug-likeness (QED) is 0.595. The van der Waals surface area contributed by atoms with E-state index >= 15 is 0 Å². The number of hydrogen-bond donors (Lipinski definition) is 3. The maximum Gasteiger partial charge on any atom is 0.309 e. The van der Waals surface area contributed by atoms with Crippen molar-refractivity contribution in [1.29, 1.82) is 0 Å². The molecule has 1 aliphatic carbocycles. The summed E-state index contributed by atoms with van der Waals surface area (Å²) in [5.74, 6) is 0.0357. The first-order valence-electron chi connectivity index (χ1n) is 6.38. The van der Waals surface area contributed by atoms with Crippen LogP contribution in [0.2, 0.25) is 0 Å². The molecule has 1 spiro atoms. The Hall–Kier alpha value is -0.650. The van der Waals surface area contributed by atoms with Gasteiger partial charge >= 0.3 is 5.97 Å². The second kappa shape index (κ2) is 4.55. The summed E-state index contributed by atoms with van der Waals surface area (Å²) in [6, 6.07) is 0. The van der Waals surface area contributed by atoms with E-state index in [-0.39, 0.29) is 23.0 Å². The number of carbonyl (C=O) groups is 1. The van der Waals surface area contributed by atoms with Crippen molar-refractivity contribution in [2.45, 2.75) is 57.6 Å². The normalized spacial score (nSPS) is 33.9. The third kappa shape index (κ3) is 3.18. The zero-order valence-electron chi connectivity index (χ0n) is 10.9. The Balaban J connectivity index is 1.84. The molecule has 2 fully saturated rings. The first-order chi connectivity index (χ1) is 7.90. The van der Waals surface area contributed by atoms with E-state index in [9.17, 15) is 4.79 Å². The van der Waals surface area contributed by atoms with Gasteiger partial charge in [0.1, 0.15) is 5.60 Å². The van der Waals surface area contributed by atoms with Gasteiger partial charge in [0, 0.05) is 12.1 Å². The standard InChI is InChI=1S/C12H23N3O2/c1-11(2,3)17-10(16)9-4-6-12(7-5-9)8-13-15-14-12/h9,13-15H,4-8H2,1-3H3. The minimum absolute atomic E-state index is 0.0359. The lowest BCUT2D eigenvalue weighted by Gasteiger charge is -2.35. The van der Waals surface area contributed by atoms with Crippen LogP contribution in [-0.2, 0) is 9.53 Å². The van der Waals surface area contributed by atoms with Gasteiger partial charge in [0.25, 0.3) is 0 Å². The van der Waals surface area contributed by atoms with Crippen molar-refractivity contribution < 1.29 is 9.53 Å². The van der Waals surface area contributed by atoms with Crippen LogP contribution in [0.4, 0.5) is 0 Å². The van der Waals surface area contributed by atoms with Gasteiger partial charge in [-0.2, -0.15) is 5.53 Å². The van der Waals surface area contributed by atoms with Crippen LogP contribution < -0.4 is 16.4 Å². The molecule has 0 aromatic heterocycles. The van der Waals surface area contributed by atoms with Crippen LogP contribution in [0.25, 0.3) is 0 Å². The molecule has 0 bridgehead atoms. The summed E-state index contributed by atoms with van der Waals surface area (Å²) >= 11 is 0. The van der Waals surface area contributed by atoms with Gasteiger partial charge in [-0.3, -0.25) is 4.79 Å². The van der Waals surface area contributed by atoms with Gasteiger partial charge in [0.15, 0.2) is 0 Å². The molecule has 0 aromatic rings. The van der Waals surface area contributed by atoms with Gasteiger partial charge in [0.2, 0.25) is 0 Å². The van der Waals surface area contributed by atoms with E-state index in [1.165, 1.54) is 0 Å². The molecule has 0 amide bonds. The Bertz CT molecular complexity index is 283. The Morgan fingerprint density at radius 2 is 1.94 bits per heavy atom. The molecule has 5 heteroatoms. The summed E-state index contributed by atoms with van der Waals surface area (Å²) in [7, 11) is 0. The second-order valence-corrected chi connectivity index (χ2v) is 6.19. The summed E-state index contributed by atoms with van der Waals surface area (Å²) in [5, 5.41) is 0. The highest BCUT2D eigenvalue weighted by Crippen LogP contribution is 2.33. The van der Waals surface area contributed by atoms with E-state index in [4.69, 9.17) is 4.74 Å². The number of nitrogens with one attached hydrogen (secondary N) is 3. The summed E-state index contributed by atoms with van der Waals surface area (Å²) in [4.78, 5) is 11.9. The van der Waals surface area contributed by atoms with Crippen LogP contribution in [0.15, 0.2) is 0 Å². The third-order valence-corrected chi connectivity index (χ3v) is 3.53. The Morgan fingerprint density at radius 3 is 2.41 bits per heavy atom. The monoisotopic (exact) mass is 241 g/mol. The lowest BCUT2D eigenvalue weighted by molar-refractivity contribution is -0.161. The Kier molecular flexibility index (Phi) is 3.43. The van der Waals surface area contributed by atoms with Gasteiger partial charge in [0.05, 0.1) is 5.92 Å². The van der Waals surface area contributed by atoms with E-state index in [0.717, 1.165) is 32.2 Å². The molecule has 1 aliphatic heterocycles. The van der Waals surface area contributed by atoms with Crippen LogP contribution in [0, 0.1) is 5.92 Å². The molecule has 98 valence electrons. The highest BCUT2D eigenvalue weighted by atomic mass is 16.6. The van der Waals surface area contributed by atoms with E-state index in [2.05, 4.69) is 16.4 Å². The molecule has 0 unspecified atom stereocenters. The SMILES string of the molecule is CC(C)(C)OC(=O)C1CCC2(CC1)CNNN2. The maximum atomic E-state index is 11.9. The topological polar surface area (TPSA) is 62.4 Å². The molecule has 0 atom stereocenters. The van der Waals surface area contributed by atoms with Crippen LogP contribution in [-0.4, -0.2) is 23.7 Å². The van der Waals surface area contributed by atoms with Crippen molar-refractivity contribution >= 4 is 5.97 Å². The third-order valence-electron chi connectivity index (χ3n) is 3.53. The predicted octanol–water partition coefficient (Wildman–Crippen LogP) is 0.869. The largest absolute Gasteiger partial charge is 0.460 e. The molecule has 1 saturated heterocycles. The molecule has 1 heterocycles. The van der Waals surface area contributed by atoms with E-state index in [1.54, 1.807) is 0 Å². The summed E-state index contributed by atoms with van der Waals surface area (Å²) in [5.41, 5.74) is 9.07. The van der Waals surface area contributed by atoms with Crippen LogP contribution >= 0.6 is 0 Å². The van der Waals surface area contributed by atoms with Crippen molar-refractivity contribution in [3.8, 4) is 0 Å². The first-order valence-corrected chi connectivity index (χ1v) is 6.38. The van der Waals surface area contributed by atoms with Crippen LogP contribution in [0.1, 0.15) is 46.5 Å². The lowest BCUT2D eigenvalue weighted by atomic mass is 9.77. The predicted molar refractivity (Wildman–Crippen MR) is 64.8 cm³/mol. The number of rotatable bonds is 1. The fourth-order valence-corrected chi connectivity index (χ4v) is 2.53. The number of hydrogen-bond acceptors (Lipinski definition) is 5. The highest BCUT2D eigenvalue weighted by molar-refractivity contribution is 5.73. The number of carbonyl (C=O) groups excluding carboxylic acids is 1. The smallest absolute Gasteiger partial charge is 0.309 e. The van der Waals surface area contributed by atoms with Gasteiger partial charge in [-0.05, 0) is 46.5 Å². The lowest BCUT2D eigenvalue weighted by Crippen LogP contribution is -2.49. The highest BCUT2D eigenvalue weighted by Gasteiger charge is 2.40. The average molecular weight is 241 g/mol. The van der Waals surface area contributed by atoms with Crippen molar-refractivity contribution in [2.75, 3.05) is 6.54 Å². The second-order valence-electron chi connectivity index (χ2n) is 6.19. The molecular weight excluding hydrogens is 218 g/mol. The number of esters is 1. The van der Waals surface area contributed by atoms with Crippen LogP contribution in [0.5, 0.6) is 0 Å². The zero-order valence-corrected chi connectivity index (χ0v) is 10.9. The van der Waals surface area contributed by atoms with E-state index in [1.807, 2.05) is 20.8 Å². The minimum Gasteiger partial charge on any atom is -0.460 e. The zero-order chi connectivity index (χ0) is 12.5. The van der Waals surface area contributed by atoms with E-state index in [0.29, 0.717) is 0 Å². The maximum absolute atomic E-state index is 11.9. The van der Waals surface area contributed by atoms with Gasteiger partial charge in [-0.15, -0.1) is 0 Å². The first kappa shape index (κ1) is 12.8. The molecular formula is C12H23N3O2. The van der Waals surface area contributed by atoms with Crippen molar-refractivity contribution in [3.63, 3.8) is 0 Å². The molecule has 0 aromatic carbocycles. The van der Waals surface area contributed by atoms with Crippen LogP contribution in [0.3, 0.4) is 0 Å². The fourth-order valence-electron chi connectivity index (χ4n) is 2.53. The molecule has 2 aliphatic rings. The minimum atomic E-state index is -0.374. The Morgan fingerprint density at radius 1 is 1.29 bits per heavy atom. The molecule has 0 radical (unpaired) electrons. The van der Waals surface area contributed by atoms with Gasteiger partial charge in [-0.1, -0.05) is 0 Å². The number of ether oxygens (including phenoxy) is 1. The molecule has 5 nitrogen and oxygen atoms in total. The molecule has 17 heavy (non-hydrogen) atoms. The molecule has 3 N–H and O–H groups in total. The summed E-state index contributed by atoms with van der Waals surface area (Å²) in [6.07, 6.45) is 3.84. The average Bonchev–Trinajstić information content (AvgIpc) is 2.65. The van der Waals surface area contributed by atoms with Crippen molar-refractivity contribution in [1.82, 2.24) is 16.4 Å². The number of hydrazine groups is 2. The summed E-state index contributed by atoms with van der Waals surface area (Å²) in [6.45, 7) is 6.68. The Labute approximate surface area is 103 Å².